The second-order valence-corrected chi connectivity index (χ2v) is 12.2. The summed E-state index contributed by atoms with van der Waals surface area (Å²) < 4.78 is 39.3. The largest absolute Gasteiger partial charge is 0.496 e. The van der Waals surface area contributed by atoms with Gasteiger partial charge in [0.25, 0.3) is 21.1 Å². The quantitative estimate of drug-likeness (QED) is 0.213. The summed E-state index contributed by atoms with van der Waals surface area (Å²) in [5, 5.41) is 11.6. The lowest BCUT2D eigenvalue weighted by atomic mass is 10.0. The first-order valence-electron chi connectivity index (χ1n) is 12.7. The number of carbonyl (C=O) groups is 1. The summed E-state index contributed by atoms with van der Waals surface area (Å²) in [7, 11) is -2.46. The summed E-state index contributed by atoms with van der Waals surface area (Å²) in [5.74, 6) is -0.0932. The van der Waals surface area contributed by atoms with Gasteiger partial charge in [0.05, 0.1) is 45.0 Å². The molecule has 0 aliphatic rings. The summed E-state index contributed by atoms with van der Waals surface area (Å²) in [6.07, 6.45) is 2.93. The normalized spacial score (nSPS) is 11.4. The van der Waals surface area contributed by atoms with Crippen LogP contribution in [-0.4, -0.2) is 45.6 Å². The number of benzene rings is 2. The average Bonchev–Trinajstić information content (AvgIpc) is 3.67. The van der Waals surface area contributed by atoms with Crippen molar-refractivity contribution < 1.29 is 22.7 Å². The predicted molar refractivity (Wildman–Crippen MR) is 162 cm³/mol. The second-order valence-electron chi connectivity index (χ2n) is 9.00. The van der Waals surface area contributed by atoms with Crippen LogP contribution in [0.25, 0.3) is 22.3 Å². The van der Waals surface area contributed by atoms with Gasteiger partial charge in [0, 0.05) is 18.0 Å². The number of para-hydroxylation sites is 1. The minimum Gasteiger partial charge on any atom is -0.496 e. The smallest absolute Gasteiger partial charge is 0.296 e. The number of amides is 1. The second kappa shape index (κ2) is 11.8. The van der Waals surface area contributed by atoms with Gasteiger partial charge in [-0.2, -0.15) is 0 Å². The molecule has 0 unspecified atom stereocenters. The molecule has 0 aliphatic heterocycles. The fourth-order valence-corrected chi connectivity index (χ4v) is 6.34. The molecule has 216 valence electrons. The Bertz CT molecular complexity index is 2050. The Labute approximate surface area is 254 Å². The van der Waals surface area contributed by atoms with Gasteiger partial charge in [-0.1, -0.05) is 47.0 Å². The third-order valence-corrected chi connectivity index (χ3v) is 8.98. The molecule has 0 atom stereocenters. The van der Waals surface area contributed by atoms with Crippen molar-refractivity contribution in [1.29, 1.82) is 0 Å². The number of methoxy groups -OCH3 is 1. The van der Waals surface area contributed by atoms with E-state index in [0.29, 0.717) is 33.2 Å². The average molecular weight is 633 g/mol. The van der Waals surface area contributed by atoms with E-state index in [9.17, 15) is 13.2 Å². The molecule has 0 saturated heterocycles. The monoisotopic (exact) mass is 632 g/mol. The van der Waals surface area contributed by atoms with Crippen LogP contribution >= 0.6 is 22.9 Å². The fraction of sp³-hybridized carbons (Fsp3) is 0.0690. The molecule has 1 N–H and O–H groups in total. The highest BCUT2D eigenvalue weighted by atomic mass is 35.5. The van der Waals surface area contributed by atoms with E-state index in [1.54, 1.807) is 60.7 Å². The van der Waals surface area contributed by atoms with E-state index in [4.69, 9.17) is 26.1 Å². The molecule has 43 heavy (non-hydrogen) atoms. The van der Waals surface area contributed by atoms with Gasteiger partial charge in [0.2, 0.25) is 5.13 Å². The van der Waals surface area contributed by atoms with E-state index < -0.39 is 15.9 Å². The third-order valence-electron chi connectivity index (χ3n) is 6.30. The maximum absolute atomic E-state index is 13.7. The molecule has 0 spiro atoms. The van der Waals surface area contributed by atoms with Crippen LogP contribution in [0.3, 0.4) is 0 Å². The molecule has 11 nitrogen and oxygen atoms in total. The number of ether oxygens (including phenoxy) is 2. The lowest BCUT2D eigenvalue weighted by Gasteiger charge is -2.13. The van der Waals surface area contributed by atoms with Gasteiger partial charge in [-0.25, -0.2) is 17.4 Å². The fourth-order valence-electron chi connectivity index (χ4n) is 4.28. The van der Waals surface area contributed by atoms with E-state index >= 15 is 0 Å². The number of fused-ring (bicyclic) bond motifs is 1. The standard InChI is InChI=1S/C29H21ClN6O5S2/c1-40-25-10-6-5-9-21(25)26-22(15-24-23(32-26)13-14-36(24)43(38,39)20-7-3-2-4-8-20)27(37)33-28-34-35-29(42-28)41-17-19-12-11-18(30)16-31-19/h2-16H,17H2,1H3,(H,33,34,37). The maximum atomic E-state index is 13.7. The number of pyridine rings is 2. The van der Waals surface area contributed by atoms with Crippen LogP contribution < -0.4 is 14.8 Å². The van der Waals surface area contributed by atoms with Crippen LogP contribution in [0.5, 0.6) is 10.9 Å². The molecule has 2 aromatic carbocycles. The first-order chi connectivity index (χ1) is 20.8. The van der Waals surface area contributed by atoms with Crippen molar-refractivity contribution in [2.24, 2.45) is 0 Å². The Balaban J connectivity index is 1.37. The van der Waals surface area contributed by atoms with Gasteiger partial charge in [-0.3, -0.25) is 15.1 Å². The highest BCUT2D eigenvalue weighted by Crippen LogP contribution is 2.34. The Morgan fingerprint density at radius 1 is 1.02 bits per heavy atom. The number of anilines is 1. The van der Waals surface area contributed by atoms with Gasteiger partial charge >= 0.3 is 0 Å². The van der Waals surface area contributed by atoms with Crippen molar-refractivity contribution in [3.8, 4) is 22.2 Å². The Hall–Kier alpha value is -4.85. The minimum atomic E-state index is -3.97. The summed E-state index contributed by atoms with van der Waals surface area (Å²) in [4.78, 5) is 22.7. The molecular formula is C29H21ClN6O5S2. The number of halogens is 1. The van der Waals surface area contributed by atoms with Gasteiger partial charge < -0.3 is 9.47 Å². The lowest BCUT2D eigenvalue weighted by molar-refractivity contribution is 0.102. The van der Waals surface area contributed by atoms with Gasteiger partial charge in [0.15, 0.2) is 0 Å². The van der Waals surface area contributed by atoms with Gasteiger partial charge in [-0.05, 0) is 59.9 Å². The molecule has 0 radical (unpaired) electrons. The van der Waals surface area contributed by atoms with E-state index in [1.165, 1.54) is 37.7 Å². The summed E-state index contributed by atoms with van der Waals surface area (Å²) in [5.41, 5.74) is 2.19. The first-order valence-corrected chi connectivity index (χ1v) is 15.3. The zero-order valence-corrected chi connectivity index (χ0v) is 24.7. The van der Waals surface area contributed by atoms with Crippen LogP contribution in [0, 0.1) is 0 Å². The molecule has 6 aromatic rings. The molecule has 1 amide bonds. The molecule has 0 bridgehead atoms. The van der Waals surface area contributed by atoms with E-state index in [2.05, 4.69) is 20.5 Å². The maximum Gasteiger partial charge on any atom is 0.296 e. The number of rotatable bonds is 9. The zero-order valence-electron chi connectivity index (χ0n) is 22.3. The molecule has 0 saturated carbocycles. The highest BCUT2D eigenvalue weighted by molar-refractivity contribution is 7.90. The van der Waals surface area contributed by atoms with Crippen molar-refractivity contribution in [3.63, 3.8) is 0 Å². The SMILES string of the molecule is COc1ccccc1-c1nc2ccn(S(=O)(=O)c3ccccc3)c2cc1C(=O)Nc1nnc(OCc2ccc(Cl)cn2)s1. The van der Waals surface area contributed by atoms with Crippen LogP contribution in [0.15, 0.2) is 96.2 Å². The van der Waals surface area contributed by atoms with Crippen molar-refractivity contribution in [2.45, 2.75) is 11.5 Å². The summed E-state index contributed by atoms with van der Waals surface area (Å²) in [6.45, 7) is 0.130. The number of hydrogen-bond donors (Lipinski definition) is 1. The zero-order chi connectivity index (χ0) is 30.0. The third kappa shape index (κ3) is 5.78. The highest BCUT2D eigenvalue weighted by Gasteiger charge is 2.25. The minimum absolute atomic E-state index is 0.0995. The van der Waals surface area contributed by atoms with Crippen LogP contribution in [0.1, 0.15) is 16.1 Å². The van der Waals surface area contributed by atoms with Gasteiger partial charge in [-0.15, -0.1) is 5.10 Å². The Kier molecular flexibility index (Phi) is 7.76. The Morgan fingerprint density at radius 2 is 1.81 bits per heavy atom. The lowest BCUT2D eigenvalue weighted by Crippen LogP contribution is -2.16. The van der Waals surface area contributed by atoms with E-state index in [-0.39, 0.29) is 32.9 Å². The summed E-state index contributed by atoms with van der Waals surface area (Å²) >= 11 is 6.90. The van der Waals surface area contributed by atoms with Crippen LogP contribution in [0.2, 0.25) is 5.02 Å². The van der Waals surface area contributed by atoms with E-state index in [1.807, 2.05) is 0 Å². The van der Waals surface area contributed by atoms with Crippen molar-refractivity contribution in [2.75, 3.05) is 12.4 Å². The molecule has 6 rings (SSSR count). The first kappa shape index (κ1) is 28.3. The molecule has 4 heterocycles. The van der Waals surface area contributed by atoms with Crippen molar-refractivity contribution >= 4 is 55.0 Å². The topological polar surface area (TPSA) is 138 Å². The molecule has 0 aliphatic carbocycles. The molecule has 4 aromatic heterocycles. The van der Waals surface area contributed by atoms with Crippen LogP contribution in [-0.2, 0) is 16.6 Å². The number of carbonyl (C=O) groups excluding carboxylic acids is 1. The molecule has 0 fully saturated rings. The van der Waals surface area contributed by atoms with Crippen molar-refractivity contribution in [3.05, 3.63) is 108 Å². The predicted octanol–water partition coefficient (Wildman–Crippen LogP) is 5.68. The summed E-state index contributed by atoms with van der Waals surface area (Å²) in [6, 6.07) is 21.6. The van der Waals surface area contributed by atoms with Crippen molar-refractivity contribution in [1.82, 2.24) is 24.1 Å². The molecular weight excluding hydrogens is 612 g/mol. The number of nitrogens with zero attached hydrogens (tertiary/aromatic N) is 5. The Morgan fingerprint density at radius 3 is 2.58 bits per heavy atom. The van der Waals surface area contributed by atoms with Gasteiger partial charge in [0.1, 0.15) is 12.4 Å². The van der Waals surface area contributed by atoms with Crippen LogP contribution in [0.4, 0.5) is 5.13 Å². The number of hydrogen-bond acceptors (Lipinski definition) is 10. The van der Waals surface area contributed by atoms with E-state index in [0.717, 1.165) is 15.3 Å². The number of nitrogens with one attached hydrogen (secondary N) is 1. The number of aromatic nitrogens is 5. The molecule has 14 heteroatoms.